The standard InChI is InChI=1S/C8H13NO/c1-6(2)5-7(10)8(9)3-4-8/h1,3-5,9H2,2H3. The molecule has 0 radical (unpaired) electrons. The largest absolute Gasteiger partial charge is 0.319 e. The number of hydrogen-bond acceptors (Lipinski definition) is 2. The Bertz CT molecular complexity index is 180. The molecule has 1 saturated carbocycles. The van der Waals surface area contributed by atoms with E-state index < -0.39 is 5.54 Å². The van der Waals surface area contributed by atoms with Gasteiger partial charge in [-0.2, -0.15) is 0 Å². The van der Waals surface area contributed by atoms with Crippen molar-refractivity contribution in [1.29, 1.82) is 0 Å². The van der Waals surface area contributed by atoms with E-state index in [1.54, 1.807) is 0 Å². The zero-order valence-electron chi connectivity index (χ0n) is 6.31. The molecule has 0 aliphatic heterocycles. The zero-order valence-corrected chi connectivity index (χ0v) is 6.31. The van der Waals surface area contributed by atoms with Crippen LogP contribution in [-0.4, -0.2) is 11.3 Å². The SMILES string of the molecule is C=C(C)CC(=O)C1(N)CC1. The van der Waals surface area contributed by atoms with E-state index in [1.807, 2.05) is 6.92 Å². The van der Waals surface area contributed by atoms with Crippen molar-refractivity contribution in [3.05, 3.63) is 12.2 Å². The molecule has 0 aromatic heterocycles. The topological polar surface area (TPSA) is 43.1 Å². The highest BCUT2D eigenvalue weighted by Crippen LogP contribution is 2.34. The van der Waals surface area contributed by atoms with Crippen LogP contribution >= 0.6 is 0 Å². The molecular weight excluding hydrogens is 126 g/mol. The first-order chi connectivity index (χ1) is 4.54. The van der Waals surface area contributed by atoms with Crippen molar-refractivity contribution in [1.82, 2.24) is 0 Å². The van der Waals surface area contributed by atoms with Crippen LogP contribution in [0.2, 0.25) is 0 Å². The van der Waals surface area contributed by atoms with E-state index >= 15 is 0 Å². The predicted octanol–water partition coefficient (Wildman–Crippen LogP) is 1.01. The molecule has 0 spiro atoms. The molecule has 0 heterocycles. The van der Waals surface area contributed by atoms with Crippen LogP contribution in [0.3, 0.4) is 0 Å². The quantitative estimate of drug-likeness (QED) is 0.593. The Morgan fingerprint density at radius 1 is 1.70 bits per heavy atom. The zero-order chi connectivity index (χ0) is 7.78. The van der Waals surface area contributed by atoms with Crippen LogP contribution in [0.25, 0.3) is 0 Å². The van der Waals surface area contributed by atoms with Crippen LogP contribution in [0.1, 0.15) is 26.2 Å². The van der Waals surface area contributed by atoms with Gasteiger partial charge in [0.2, 0.25) is 0 Å². The first-order valence-electron chi connectivity index (χ1n) is 3.51. The summed E-state index contributed by atoms with van der Waals surface area (Å²) >= 11 is 0. The minimum absolute atomic E-state index is 0.153. The number of nitrogens with two attached hydrogens (primary N) is 1. The number of Topliss-reactive ketones (excluding diaryl/α,β-unsaturated/α-hetero) is 1. The van der Waals surface area contributed by atoms with Crippen molar-refractivity contribution in [3.63, 3.8) is 0 Å². The second-order valence-corrected chi connectivity index (χ2v) is 3.21. The van der Waals surface area contributed by atoms with Crippen LogP contribution in [-0.2, 0) is 4.79 Å². The predicted molar refractivity (Wildman–Crippen MR) is 40.6 cm³/mol. The normalized spacial score (nSPS) is 20.2. The highest BCUT2D eigenvalue weighted by atomic mass is 16.1. The summed E-state index contributed by atoms with van der Waals surface area (Å²) in [6, 6.07) is 0. The molecule has 0 saturated heterocycles. The summed E-state index contributed by atoms with van der Waals surface area (Å²) in [5, 5.41) is 0. The van der Waals surface area contributed by atoms with Gasteiger partial charge in [-0.25, -0.2) is 0 Å². The summed E-state index contributed by atoms with van der Waals surface area (Å²) in [7, 11) is 0. The molecule has 1 aliphatic carbocycles. The second-order valence-electron chi connectivity index (χ2n) is 3.21. The Balaban J connectivity index is 2.43. The molecule has 10 heavy (non-hydrogen) atoms. The minimum Gasteiger partial charge on any atom is -0.319 e. The number of hydrogen-bond donors (Lipinski definition) is 1. The van der Waals surface area contributed by atoms with Gasteiger partial charge < -0.3 is 5.73 Å². The van der Waals surface area contributed by atoms with Crippen LogP contribution in [0.4, 0.5) is 0 Å². The maximum absolute atomic E-state index is 11.2. The van der Waals surface area contributed by atoms with E-state index in [2.05, 4.69) is 6.58 Å². The Hall–Kier alpha value is -0.630. The van der Waals surface area contributed by atoms with Crippen molar-refractivity contribution in [2.24, 2.45) is 5.73 Å². The molecule has 2 heteroatoms. The lowest BCUT2D eigenvalue weighted by Crippen LogP contribution is -2.32. The maximum Gasteiger partial charge on any atom is 0.156 e. The van der Waals surface area contributed by atoms with E-state index in [9.17, 15) is 4.79 Å². The number of rotatable bonds is 3. The van der Waals surface area contributed by atoms with E-state index in [4.69, 9.17) is 5.73 Å². The van der Waals surface area contributed by atoms with Gasteiger partial charge in [0.1, 0.15) is 0 Å². The molecule has 2 nitrogen and oxygen atoms in total. The molecule has 0 aromatic rings. The van der Waals surface area contributed by atoms with Gasteiger partial charge in [0.05, 0.1) is 5.54 Å². The van der Waals surface area contributed by atoms with Gasteiger partial charge in [-0.1, -0.05) is 12.2 Å². The highest BCUT2D eigenvalue weighted by molar-refractivity contribution is 5.92. The highest BCUT2D eigenvalue weighted by Gasteiger charge is 2.44. The Morgan fingerprint density at radius 2 is 2.20 bits per heavy atom. The fourth-order valence-corrected chi connectivity index (χ4v) is 0.864. The van der Waals surface area contributed by atoms with E-state index in [0.29, 0.717) is 6.42 Å². The monoisotopic (exact) mass is 139 g/mol. The number of carbonyl (C=O) groups is 1. The van der Waals surface area contributed by atoms with Crippen LogP contribution < -0.4 is 5.73 Å². The first-order valence-corrected chi connectivity index (χ1v) is 3.51. The van der Waals surface area contributed by atoms with Crippen LogP contribution in [0.15, 0.2) is 12.2 Å². The van der Waals surface area contributed by atoms with Gasteiger partial charge in [0, 0.05) is 6.42 Å². The average Bonchev–Trinajstić information content (AvgIpc) is 2.47. The van der Waals surface area contributed by atoms with Gasteiger partial charge >= 0.3 is 0 Å². The number of allylic oxidation sites excluding steroid dienone is 1. The fraction of sp³-hybridized carbons (Fsp3) is 0.625. The van der Waals surface area contributed by atoms with Crippen molar-refractivity contribution < 1.29 is 4.79 Å². The Labute approximate surface area is 61.1 Å². The van der Waals surface area contributed by atoms with Gasteiger partial charge in [-0.3, -0.25) is 4.79 Å². The van der Waals surface area contributed by atoms with Crippen molar-refractivity contribution in [3.8, 4) is 0 Å². The maximum atomic E-state index is 11.2. The lowest BCUT2D eigenvalue weighted by Gasteiger charge is -2.05. The number of ketones is 1. The van der Waals surface area contributed by atoms with Gasteiger partial charge in [0.25, 0.3) is 0 Å². The van der Waals surface area contributed by atoms with Gasteiger partial charge in [-0.15, -0.1) is 0 Å². The molecular formula is C8H13NO. The fourth-order valence-electron chi connectivity index (χ4n) is 0.864. The summed E-state index contributed by atoms with van der Waals surface area (Å²) in [4.78, 5) is 11.2. The van der Waals surface area contributed by atoms with Gasteiger partial charge in [0.15, 0.2) is 5.78 Å². The molecule has 0 bridgehead atoms. The molecule has 56 valence electrons. The van der Waals surface area contributed by atoms with E-state index in [1.165, 1.54) is 0 Å². The molecule has 0 amide bonds. The summed E-state index contributed by atoms with van der Waals surface area (Å²) in [5.74, 6) is 0.153. The van der Waals surface area contributed by atoms with Crippen LogP contribution in [0.5, 0.6) is 0 Å². The Morgan fingerprint density at radius 3 is 2.50 bits per heavy atom. The minimum atomic E-state index is -0.459. The summed E-state index contributed by atoms with van der Waals surface area (Å²) < 4.78 is 0. The van der Waals surface area contributed by atoms with Crippen molar-refractivity contribution in [2.75, 3.05) is 0 Å². The smallest absolute Gasteiger partial charge is 0.156 e. The van der Waals surface area contributed by atoms with Crippen molar-refractivity contribution >= 4 is 5.78 Å². The second kappa shape index (κ2) is 2.20. The number of carbonyl (C=O) groups excluding carboxylic acids is 1. The molecule has 1 rings (SSSR count). The average molecular weight is 139 g/mol. The van der Waals surface area contributed by atoms with Gasteiger partial charge in [-0.05, 0) is 19.8 Å². The summed E-state index contributed by atoms with van der Waals surface area (Å²) in [6.07, 6.45) is 2.18. The Kier molecular flexibility index (Phi) is 1.65. The molecule has 2 N–H and O–H groups in total. The third-order valence-electron chi connectivity index (χ3n) is 1.81. The molecule has 1 fully saturated rings. The van der Waals surface area contributed by atoms with E-state index in [0.717, 1.165) is 18.4 Å². The first kappa shape index (κ1) is 7.48. The molecule has 0 unspecified atom stereocenters. The lowest BCUT2D eigenvalue weighted by molar-refractivity contribution is -0.120. The van der Waals surface area contributed by atoms with E-state index in [-0.39, 0.29) is 5.78 Å². The molecule has 0 aromatic carbocycles. The lowest BCUT2D eigenvalue weighted by atomic mass is 10.1. The van der Waals surface area contributed by atoms with Crippen molar-refractivity contribution in [2.45, 2.75) is 31.7 Å². The third kappa shape index (κ3) is 1.45. The molecule has 1 aliphatic rings. The van der Waals surface area contributed by atoms with Crippen LogP contribution in [0, 0.1) is 0 Å². The molecule has 0 atom stereocenters. The summed E-state index contributed by atoms with van der Waals surface area (Å²) in [5.41, 5.74) is 6.09. The third-order valence-corrected chi connectivity index (χ3v) is 1.81. The summed E-state index contributed by atoms with van der Waals surface area (Å²) in [6.45, 7) is 5.51.